The first-order valence-electron chi connectivity index (χ1n) is 6.56. The number of hydrogen-bond donors (Lipinski definition) is 1. The van der Waals surface area contributed by atoms with Gasteiger partial charge in [-0.3, -0.25) is 4.79 Å². The highest BCUT2D eigenvalue weighted by Crippen LogP contribution is 2.17. The average molecular weight is 327 g/mol. The third kappa shape index (κ3) is 4.96. The molecule has 0 spiro atoms. The lowest BCUT2D eigenvalue weighted by atomic mass is 10.1. The van der Waals surface area contributed by atoms with Gasteiger partial charge in [0.05, 0.1) is 10.9 Å². The number of carbonyl (C=O) groups is 1. The molecule has 0 aliphatic carbocycles. The lowest BCUT2D eigenvalue weighted by molar-refractivity contribution is -0.121. The fraction of sp³-hybridized carbons (Fsp3) is 0.533. The summed E-state index contributed by atoms with van der Waals surface area (Å²) in [4.78, 5) is 14.0. The van der Waals surface area contributed by atoms with Crippen molar-refractivity contribution in [1.29, 1.82) is 0 Å². The van der Waals surface area contributed by atoms with Gasteiger partial charge in [-0.15, -0.1) is 0 Å². The Hall–Kier alpha value is -0.870. The fourth-order valence-corrected chi connectivity index (χ4v) is 2.03. The van der Waals surface area contributed by atoms with E-state index in [2.05, 4.69) is 38.3 Å². The first kappa shape index (κ1) is 16.2. The van der Waals surface area contributed by atoms with Crippen molar-refractivity contribution in [3.8, 4) is 0 Å². The molecule has 0 bridgehead atoms. The molecular weight excluding hydrogens is 304 g/mol. The van der Waals surface area contributed by atoms with Gasteiger partial charge in [0, 0.05) is 6.54 Å². The Morgan fingerprint density at radius 2 is 1.84 bits per heavy atom. The molecule has 0 fully saturated rings. The molecule has 1 aromatic rings. The van der Waals surface area contributed by atoms with Gasteiger partial charge in [-0.05, 0) is 25.6 Å². The van der Waals surface area contributed by atoms with Crippen LogP contribution >= 0.6 is 15.9 Å². The quantitative estimate of drug-likeness (QED) is 0.815. The van der Waals surface area contributed by atoms with Crippen LogP contribution < -0.4 is 5.32 Å². The Balaban J connectivity index is 2.64. The van der Waals surface area contributed by atoms with Gasteiger partial charge in [-0.25, -0.2) is 0 Å². The van der Waals surface area contributed by atoms with E-state index in [-0.39, 0.29) is 22.7 Å². The fourth-order valence-electron chi connectivity index (χ4n) is 1.87. The lowest BCUT2D eigenvalue weighted by Crippen LogP contribution is -2.39. The van der Waals surface area contributed by atoms with Crippen molar-refractivity contribution in [2.75, 3.05) is 20.6 Å². The van der Waals surface area contributed by atoms with Gasteiger partial charge in [0.15, 0.2) is 0 Å². The monoisotopic (exact) mass is 326 g/mol. The van der Waals surface area contributed by atoms with E-state index in [4.69, 9.17) is 0 Å². The van der Waals surface area contributed by atoms with Crippen molar-refractivity contribution in [3.63, 3.8) is 0 Å². The SMILES string of the molecule is CC(C)C(Br)C(=O)NCC(c1ccccc1)N(C)C. The van der Waals surface area contributed by atoms with Crippen LogP contribution in [0.1, 0.15) is 25.5 Å². The number of carbonyl (C=O) groups excluding carboxylic acids is 1. The summed E-state index contributed by atoms with van der Waals surface area (Å²) in [7, 11) is 4.05. The zero-order valence-corrected chi connectivity index (χ0v) is 13.6. The maximum absolute atomic E-state index is 12.0. The summed E-state index contributed by atoms with van der Waals surface area (Å²) in [6.07, 6.45) is 0. The van der Waals surface area contributed by atoms with Crippen LogP contribution in [0.5, 0.6) is 0 Å². The number of rotatable bonds is 6. The summed E-state index contributed by atoms with van der Waals surface area (Å²) in [6.45, 7) is 4.67. The molecule has 1 aromatic carbocycles. The third-order valence-corrected chi connectivity index (χ3v) is 4.59. The second-order valence-electron chi connectivity index (χ2n) is 5.28. The van der Waals surface area contributed by atoms with Crippen molar-refractivity contribution in [2.24, 2.45) is 5.92 Å². The summed E-state index contributed by atoms with van der Waals surface area (Å²) >= 11 is 3.43. The van der Waals surface area contributed by atoms with Crippen LogP contribution in [0.3, 0.4) is 0 Å². The van der Waals surface area contributed by atoms with E-state index < -0.39 is 0 Å². The standard InChI is InChI=1S/C15H23BrN2O/c1-11(2)14(16)15(19)17-10-13(18(3)4)12-8-6-5-7-9-12/h5-9,11,13-14H,10H2,1-4H3,(H,17,19). The van der Waals surface area contributed by atoms with Crippen LogP contribution in [0.2, 0.25) is 0 Å². The molecule has 0 saturated carbocycles. The molecule has 0 aliphatic heterocycles. The number of benzene rings is 1. The Morgan fingerprint density at radius 1 is 1.26 bits per heavy atom. The van der Waals surface area contributed by atoms with Crippen molar-refractivity contribution in [3.05, 3.63) is 35.9 Å². The molecule has 0 radical (unpaired) electrons. The predicted molar refractivity (Wildman–Crippen MR) is 83.4 cm³/mol. The molecule has 4 heteroatoms. The predicted octanol–water partition coefficient (Wildman–Crippen LogP) is 2.83. The zero-order valence-electron chi connectivity index (χ0n) is 12.1. The summed E-state index contributed by atoms with van der Waals surface area (Å²) < 4.78 is 0. The van der Waals surface area contributed by atoms with Crippen LogP contribution in [0.4, 0.5) is 0 Å². The summed E-state index contributed by atoms with van der Waals surface area (Å²) in [5, 5.41) is 3.02. The number of amides is 1. The van der Waals surface area contributed by atoms with E-state index in [1.54, 1.807) is 0 Å². The first-order chi connectivity index (χ1) is 8.93. The molecule has 1 N–H and O–H groups in total. The van der Waals surface area contributed by atoms with Crippen LogP contribution in [0.15, 0.2) is 30.3 Å². The summed E-state index contributed by atoms with van der Waals surface area (Å²) in [5.74, 6) is 0.340. The Kier molecular flexibility index (Phi) is 6.52. The van der Waals surface area contributed by atoms with Gasteiger partial charge in [0.2, 0.25) is 5.91 Å². The first-order valence-corrected chi connectivity index (χ1v) is 7.48. The highest BCUT2D eigenvalue weighted by molar-refractivity contribution is 9.10. The number of likely N-dealkylation sites (N-methyl/N-ethyl adjacent to an activating group) is 1. The van der Waals surface area contributed by atoms with Crippen molar-refractivity contribution >= 4 is 21.8 Å². The van der Waals surface area contributed by atoms with Crippen molar-refractivity contribution < 1.29 is 4.79 Å². The minimum Gasteiger partial charge on any atom is -0.353 e. The van der Waals surface area contributed by atoms with Gasteiger partial charge < -0.3 is 10.2 Å². The second-order valence-corrected chi connectivity index (χ2v) is 6.27. The minimum absolute atomic E-state index is 0.0535. The maximum atomic E-state index is 12.0. The van der Waals surface area contributed by atoms with E-state index >= 15 is 0 Å². The number of nitrogens with zero attached hydrogens (tertiary/aromatic N) is 1. The molecule has 0 aromatic heterocycles. The minimum atomic E-state index is -0.133. The highest BCUT2D eigenvalue weighted by atomic mass is 79.9. The van der Waals surface area contributed by atoms with E-state index in [0.29, 0.717) is 6.54 Å². The van der Waals surface area contributed by atoms with Crippen molar-refractivity contribution in [2.45, 2.75) is 24.7 Å². The van der Waals surface area contributed by atoms with Gasteiger partial charge in [0.1, 0.15) is 0 Å². The van der Waals surface area contributed by atoms with E-state index in [0.717, 1.165) is 0 Å². The van der Waals surface area contributed by atoms with Crippen LogP contribution in [0, 0.1) is 5.92 Å². The number of halogens is 1. The Bertz CT molecular complexity index is 392. The highest BCUT2D eigenvalue weighted by Gasteiger charge is 2.20. The molecule has 106 valence electrons. The van der Waals surface area contributed by atoms with Gasteiger partial charge in [-0.1, -0.05) is 60.1 Å². The van der Waals surface area contributed by atoms with E-state index in [9.17, 15) is 4.79 Å². The summed E-state index contributed by atoms with van der Waals surface area (Å²) in [5.41, 5.74) is 1.21. The molecule has 0 saturated heterocycles. The zero-order chi connectivity index (χ0) is 14.4. The molecule has 1 amide bonds. The van der Waals surface area contributed by atoms with E-state index in [1.165, 1.54) is 5.56 Å². The third-order valence-electron chi connectivity index (χ3n) is 3.11. The topological polar surface area (TPSA) is 32.3 Å². The van der Waals surface area contributed by atoms with Crippen LogP contribution in [-0.2, 0) is 4.79 Å². The molecule has 1 rings (SSSR count). The molecule has 0 heterocycles. The molecule has 19 heavy (non-hydrogen) atoms. The number of alkyl halides is 1. The van der Waals surface area contributed by atoms with Gasteiger partial charge >= 0.3 is 0 Å². The van der Waals surface area contributed by atoms with Crippen LogP contribution in [-0.4, -0.2) is 36.3 Å². The summed E-state index contributed by atoms with van der Waals surface area (Å²) in [6, 6.07) is 10.4. The largest absolute Gasteiger partial charge is 0.353 e. The van der Waals surface area contributed by atoms with Crippen molar-refractivity contribution in [1.82, 2.24) is 10.2 Å². The Morgan fingerprint density at radius 3 is 2.32 bits per heavy atom. The maximum Gasteiger partial charge on any atom is 0.234 e. The number of nitrogens with one attached hydrogen (secondary N) is 1. The second kappa shape index (κ2) is 7.65. The van der Waals surface area contributed by atoms with E-state index in [1.807, 2.05) is 46.1 Å². The lowest BCUT2D eigenvalue weighted by Gasteiger charge is -2.26. The van der Waals surface area contributed by atoms with Gasteiger partial charge in [-0.2, -0.15) is 0 Å². The molecule has 3 nitrogen and oxygen atoms in total. The molecular formula is C15H23BrN2O. The molecule has 2 atom stereocenters. The van der Waals surface area contributed by atoms with Gasteiger partial charge in [0.25, 0.3) is 0 Å². The molecule has 2 unspecified atom stereocenters. The number of hydrogen-bond acceptors (Lipinski definition) is 2. The Labute approximate surface area is 124 Å². The van der Waals surface area contributed by atoms with Crippen LogP contribution in [0.25, 0.3) is 0 Å². The normalized spacial score (nSPS) is 14.5. The molecule has 0 aliphatic rings. The smallest absolute Gasteiger partial charge is 0.234 e. The average Bonchev–Trinajstić information content (AvgIpc) is 2.38.